The van der Waals surface area contributed by atoms with E-state index in [0.717, 1.165) is 31.8 Å². The molecule has 148 valence electrons. The van der Waals surface area contributed by atoms with Crippen molar-refractivity contribution in [2.45, 2.75) is 98.6 Å². The molecule has 25 heavy (non-hydrogen) atoms. The molecule has 4 nitrogen and oxygen atoms in total. The summed E-state index contributed by atoms with van der Waals surface area (Å²) in [6.07, 6.45) is 4.34. The lowest BCUT2D eigenvalue weighted by molar-refractivity contribution is -0.112. The van der Waals surface area contributed by atoms with E-state index in [9.17, 15) is 0 Å². The molecule has 0 spiro atoms. The van der Waals surface area contributed by atoms with Gasteiger partial charge in [0.25, 0.3) is 0 Å². The van der Waals surface area contributed by atoms with E-state index in [1.807, 2.05) is 13.8 Å². The third-order valence-corrected chi connectivity index (χ3v) is 4.42. The Balaban J connectivity index is 2.42. The van der Waals surface area contributed by atoms with Crippen LogP contribution in [0.15, 0.2) is 11.8 Å². The molecular weight excluding hydrogens is 316 g/mol. The van der Waals surface area contributed by atoms with E-state index in [1.165, 1.54) is 0 Å². The zero-order chi connectivity index (χ0) is 19.3. The Labute approximate surface area is 155 Å². The van der Waals surface area contributed by atoms with Crippen LogP contribution in [0.4, 0.5) is 0 Å². The van der Waals surface area contributed by atoms with Gasteiger partial charge in [-0.25, -0.2) is 0 Å². The molecule has 0 amide bonds. The minimum atomic E-state index is -0.388. The maximum Gasteiger partial charge on any atom is 0.144 e. The fraction of sp³-hybridized carbons (Fsp3) is 0.905. The van der Waals surface area contributed by atoms with Gasteiger partial charge in [0.2, 0.25) is 0 Å². The van der Waals surface area contributed by atoms with Gasteiger partial charge in [0.1, 0.15) is 18.0 Å². The van der Waals surface area contributed by atoms with Crippen LogP contribution in [0.25, 0.3) is 0 Å². The smallest absolute Gasteiger partial charge is 0.144 e. The highest BCUT2D eigenvalue weighted by atomic mass is 16.6. The molecule has 4 heteroatoms. The van der Waals surface area contributed by atoms with Crippen LogP contribution in [0.3, 0.4) is 0 Å². The molecule has 0 fully saturated rings. The molecule has 0 radical (unpaired) electrons. The summed E-state index contributed by atoms with van der Waals surface area (Å²) in [5.74, 6) is 0.919. The van der Waals surface area contributed by atoms with Gasteiger partial charge in [-0.2, -0.15) is 0 Å². The first kappa shape index (κ1) is 22.5. The Hall–Kier alpha value is -0.580. The lowest BCUT2D eigenvalue weighted by Crippen LogP contribution is -2.38. The highest BCUT2D eigenvalue weighted by molar-refractivity contribution is 5.36. The summed E-state index contributed by atoms with van der Waals surface area (Å²) in [5.41, 5.74) is -0.568. The first-order chi connectivity index (χ1) is 11.4. The number of hydrogen-bond donors (Lipinski definition) is 0. The minimum Gasteiger partial charge on any atom is -0.492 e. The van der Waals surface area contributed by atoms with Crippen LogP contribution in [0.1, 0.15) is 75.2 Å². The average molecular weight is 357 g/mol. The molecule has 3 atom stereocenters. The molecule has 1 rings (SSSR count). The predicted octanol–water partition coefficient (Wildman–Crippen LogP) is 5.11. The van der Waals surface area contributed by atoms with Gasteiger partial charge < -0.3 is 18.9 Å². The average Bonchev–Trinajstić information content (AvgIpc) is 3.10. The van der Waals surface area contributed by atoms with Crippen molar-refractivity contribution < 1.29 is 18.9 Å². The number of hydrogen-bond acceptors (Lipinski definition) is 4. The van der Waals surface area contributed by atoms with E-state index in [0.29, 0.717) is 6.61 Å². The summed E-state index contributed by atoms with van der Waals surface area (Å²) >= 11 is 0. The molecular formula is C21H40O4. The van der Waals surface area contributed by atoms with Crippen molar-refractivity contribution in [2.75, 3.05) is 19.8 Å². The summed E-state index contributed by atoms with van der Waals surface area (Å²) in [5, 5.41) is 0. The molecule has 0 aliphatic heterocycles. The first-order valence-corrected chi connectivity index (χ1v) is 9.72. The van der Waals surface area contributed by atoms with Crippen molar-refractivity contribution in [3.8, 4) is 0 Å². The second-order valence-corrected chi connectivity index (χ2v) is 8.93. The molecule has 3 unspecified atom stereocenters. The molecule has 0 bridgehead atoms. The molecule has 0 aromatic carbocycles. The summed E-state index contributed by atoms with van der Waals surface area (Å²) in [7, 11) is 0. The van der Waals surface area contributed by atoms with E-state index in [4.69, 9.17) is 18.9 Å². The van der Waals surface area contributed by atoms with Crippen LogP contribution in [-0.4, -0.2) is 43.2 Å². The maximum absolute atomic E-state index is 6.39. The Morgan fingerprint density at radius 2 is 1.72 bits per heavy atom. The van der Waals surface area contributed by atoms with Crippen LogP contribution >= 0.6 is 0 Å². The lowest BCUT2D eigenvalue weighted by Gasteiger charge is -2.37. The summed E-state index contributed by atoms with van der Waals surface area (Å²) in [6.45, 7) is 21.2. The maximum atomic E-state index is 6.39. The van der Waals surface area contributed by atoms with Crippen molar-refractivity contribution in [2.24, 2.45) is 5.41 Å². The molecule has 0 aromatic heterocycles. The fourth-order valence-corrected chi connectivity index (χ4v) is 3.41. The van der Waals surface area contributed by atoms with Crippen molar-refractivity contribution >= 4 is 0 Å². The molecule has 1 aliphatic rings. The zero-order valence-corrected chi connectivity index (χ0v) is 17.9. The molecule has 0 heterocycles. The monoisotopic (exact) mass is 356 g/mol. The third kappa shape index (κ3) is 8.10. The molecule has 0 N–H and O–H groups in total. The Kier molecular flexibility index (Phi) is 7.97. The highest BCUT2D eigenvalue weighted by Gasteiger charge is 2.48. The molecule has 0 saturated heterocycles. The van der Waals surface area contributed by atoms with Gasteiger partial charge in [-0.05, 0) is 65.9 Å². The van der Waals surface area contributed by atoms with Gasteiger partial charge in [-0.1, -0.05) is 20.8 Å². The zero-order valence-electron chi connectivity index (χ0n) is 17.9. The van der Waals surface area contributed by atoms with E-state index in [1.54, 1.807) is 0 Å². The topological polar surface area (TPSA) is 36.9 Å². The van der Waals surface area contributed by atoms with Gasteiger partial charge in [0.15, 0.2) is 0 Å². The van der Waals surface area contributed by atoms with Crippen LogP contribution in [0.2, 0.25) is 0 Å². The normalized spacial score (nSPS) is 23.2. The van der Waals surface area contributed by atoms with Crippen LogP contribution < -0.4 is 0 Å². The van der Waals surface area contributed by atoms with Crippen molar-refractivity contribution in [3.63, 3.8) is 0 Å². The minimum absolute atomic E-state index is 0.0738. The SMILES string of the molecule is CCOCC(C)(C)CC(C)(C)OC1(C)C=C1OCC(C)OC(C)CC. The number of ether oxygens (including phenoxy) is 4. The Morgan fingerprint density at radius 3 is 2.28 bits per heavy atom. The van der Waals surface area contributed by atoms with E-state index in [-0.39, 0.29) is 28.8 Å². The van der Waals surface area contributed by atoms with E-state index < -0.39 is 0 Å². The number of rotatable bonds is 13. The molecule has 0 aromatic rings. The van der Waals surface area contributed by atoms with Crippen molar-refractivity contribution in [1.82, 2.24) is 0 Å². The third-order valence-electron chi connectivity index (χ3n) is 4.42. The summed E-state index contributed by atoms with van der Waals surface area (Å²) in [6, 6.07) is 0. The lowest BCUT2D eigenvalue weighted by atomic mass is 9.82. The van der Waals surface area contributed by atoms with Crippen molar-refractivity contribution in [3.05, 3.63) is 11.8 Å². The van der Waals surface area contributed by atoms with Gasteiger partial charge in [0, 0.05) is 6.61 Å². The fourth-order valence-electron chi connectivity index (χ4n) is 3.41. The predicted molar refractivity (Wildman–Crippen MR) is 103 cm³/mol. The second kappa shape index (κ2) is 8.88. The van der Waals surface area contributed by atoms with Crippen molar-refractivity contribution in [1.29, 1.82) is 0 Å². The highest BCUT2D eigenvalue weighted by Crippen LogP contribution is 2.44. The van der Waals surface area contributed by atoms with Gasteiger partial charge in [-0.15, -0.1) is 0 Å². The molecule has 0 saturated carbocycles. The van der Waals surface area contributed by atoms with Crippen LogP contribution in [0, 0.1) is 5.41 Å². The van der Waals surface area contributed by atoms with Crippen LogP contribution in [0.5, 0.6) is 0 Å². The standard InChI is InChI=1S/C21H40O4/c1-10-16(3)24-17(4)13-23-18-12-21(18,9)25-20(7,8)14-19(5,6)15-22-11-2/h12,16-17H,10-11,13-15H2,1-9H3. The van der Waals surface area contributed by atoms with Gasteiger partial charge in [0.05, 0.1) is 24.4 Å². The van der Waals surface area contributed by atoms with Crippen LogP contribution in [-0.2, 0) is 18.9 Å². The largest absolute Gasteiger partial charge is 0.492 e. The van der Waals surface area contributed by atoms with E-state index >= 15 is 0 Å². The molecule has 1 aliphatic carbocycles. The van der Waals surface area contributed by atoms with Gasteiger partial charge >= 0.3 is 0 Å². The Bertz CT molecular complexity index is 441. The quantitative estimate of drug-likeness (QED) is 0.459. The Morgan fingerprint density at radius 1 is 1.08 bits per heavy atom. The summed E-state index contributed by atoms with van der Waals surface area (Å²) < 4.78 is 23.7. The summed E-state index contributed by atoms with van der Waals surface area (Å²) in [4.78, 5) is 0. The second-order valence-electron chi connectivity index (χ2n) is 8.93. The van der Waals surface area contributed by atoms with E-state index in [2.05, 4.69) is 54.5 Å². The van der Waals surface area contributed by atoms with Gasteiger partial charge in [-0.3, -0.25) is 0 Å². The first-order valence-electron chi connectivity index (χ1n) is 9.72.